The SMILES string of the molecule is CSCC[C@@H](O)C(=O)NCCn1c(C)cc(C)nc1=O. The monoisotopic (exact) mass is 299 g/mol. The van der Waals surface area contributed by atoms with Gasteiger partial charge in [0, 0.05) is 24.5 Å². The topological polar surface area (TPSA) is 84.2 Å². The van der Waals surface area contributed by atoms with Gasteiger partial charge in [0.15, 0.2) is 0 Å². The highest BCUT2D eigenvalue weighted by Gasteiger charge is 2.13. The third-order valence-electron chi connectivity index (χ3n) is 2.88. The molecule has 0 bridgehead atoms. The smallest absolute Gasteiger partial charge is 0.348 e. The van der Waals surface area contributed by atoms with Crippen LogP contribution in [-0.4, -0.2) is 45.2 Å². The van der Waals surface area contributed by atoms with Crippen LogP contribution in [0.2, 0.25) is 0 Å². The fraction of sp³-hybridized carbons (Fsp3) is 0.615. The van der Waals surface area contributed by atoms with Crippen molar-refractivity contribution in [2.75, 3.05) is 18.6 Å². The molecule has 0 aliphatic rings. The molecule has 6 nitrogen and oxygen atoms in total. The predicted molar refractivity (Wildman–Crippen MR) is 80.0 cm³/mol. The average molecular weight is 299 g/mol. The molecule has 1 atom stereocenters. The van der Waals surface area contributed by atoms with Gasteiger partial charge in [-0.3, -0.25) is 9.36 Å². The number of nitrogens with one attached hydrogen (secondary N) is 1. The number of hydrogen-bond acceptors (Lipinski definition) is 5. The molecule has 112 valence electrons. The van der Waals surface area contributed by atoms with Gasteiger partial charge in [-0.1, -0.05) is 0 Å². The summed E-state index contributed by atoms with van der Waals surface area (Å²) in [7, 11) is 0. The summed E-state index contributed by atoms with van der Waals surface area (Å²) in [6.45, 7) is 4.23. The Morgan fingerprint density at radius 3 is 2.85 bits per heavy atom. The first-order valence-corrected chi connectivity index (χ1v) is 7.85. The number of aryl methyl sites for hydroxylation is 2. The number of aliphatic hydroxyl groups excluding tert-OH is 1. The molecule has 0 radical (unpaired) electrons. The summed E-state index contributed by atoms with van der Waals surface area (Å²) in [5.74, 6) is 0.333. The lowest BCUT2D eigenvalue weighted by atomic mass is 10.2. The highest BCUT2D eigenvalue weighted by atomic mass is 32.2. The van der Waals surface area contributed by atoms with Gasteiger partial charge in [0.05, 0.1) is 0 Å². The van der Waals surface area contributed by atoms with E-state index in [1.807, 2.05) is 19.2 Å². The number of thioether (sulfide) groups is 1. The van der Waals surface area contributed by atoms with Crippen molar-refractivity contribution in [3.8, 4) is 0 Å². The van der Waals surface area contributed by atoms with Crippen LogP contribution in [0, 0.1) is 13.8 Å². The van der Waals surface area contributed by atoms with Crippen molar-refractivity contribution in [3.63, 3.8) is 0 Å². The summed E-state index contributed by atoms with van der Waals surface area (Å²) in [4.78, 5) is 27.1. The molecule has 1 aromatic rings. The van der Waals surface area contributed by atoms with E-state index in [4.69, 9.17) is 0 Å². The van der Waals surface area contributed by atoms with Gasteiger partial charge in [0.1, 0.15) is 6.10 Å². The Labute approximate surface area is 122 Å². The number of carbonyl (C=O) groups is 1. The molecule has 1 amide bonds. The molecule has 1 aromatic heterocycles. The number of hydrogen-bond donors (Lipinski definition) is 2. The maximum absolute atomic E-state index is 11.7. The van der Waals surface area contributed by atoms with Gasteiger partial charge < -0.3 is 10.4 Å². The number of aromatic nitrogens is 2. The third-order valence-corrected chi connectivity index (χ3v) is 3.52. The Morgan fingerprint density at radius 1 is 1.55 bits per heavy atom. The van der Waals surface area contributed by atoms with Crippen LogP contribution in [0.1, 0.15) is 17.8 Å². The van der Waals surface area contributed by atoms with Crippen LogP contribution < -0.4 is 11.0 Å². The van der Waals surface area contributed by atoms with Gasteiger partial charge >= 0.3 is 5.69 Å². The van der Waals surface area contributed by atoms with E-state index in [1.54, 1.807) is 18.7 Å². The minimum Gasteiger partial charge on any atom is -0.383 e. The van der Waals surface area contributed by atoms with Crippen LogP contribution in [0.4, 0.5) is 0 Å². The number of rotatable bonds is 7. The summed E-state index contributed by atoms with van der Waals surface area (Å²) < 4.78 is 1.50. The van der Waals surface area contributed by atoms with Crippen LogP contribution >= 0.6 is 11.8 Å². The Hall–Kier alpha value is -1.34. The van der Waals surface area contributed by atoms with E-state index in [0.29, 0.717) is 25.2 Å². The third kappa shape index (κ3) is 4.97. The molecule has 7 heteroatoms. The zero-order chi connectivity index (χ0) is 15.1. The highest BCUT2D eigenvalue weighted by molar-refractivity contribution is 7.98. The Balaban J connectivity index is 2.49. The normalized spacial score (nSPS) is 12.2. The van der Waals surface area contributed by atoms with Crippen LogP contribution in [0.25, 0.3) is 0 Å². The van der Waals surface area contributed by atoms with Crippen LogP contribution in [0.5, 0.6) is 0 Å². The minimum absolute atomic E-state index is 0.292. The van der Waals surface area contributed by atoms with Gasteiger partial charge in [-0.05, 0) is 38.3 Å². The first-order chi connectivity index (χ1) is 9.45. The second kappa shape index (κ2) is 8.06. The van der Waals surface area contributed by atoms with E-state index in [2.05, 4.69) is 10.3 Å². The maximum Gasteiger partial charge on any atom is 0.348 e. The molecule has 0 saturated heterocycles. The zero-order valence-electron chi connectivity index (χ0n) is 12.0. The van der Waals surface area contributed by atoms with Crippen molar-refractivity contribution in [1.82, 2.24) is 14.9 Å². The summed E-state index contributed by atoms with van der Waals surface area (Å²) in [5, 5.41) is 12.2. The molecule has 0 fully saturated rings. The fourth-order valence-corrected chi connectivity index (χ4v) is 2.27. The molecule has 0 unspecified atom stereocenters. The van der Waals surface area contributed by atoms with E-state index in [-0.39, 0.29) is 5.69 Å². The number of carbonyl (C=O) groups excluding carboxylic acids is 1. The largest absolute Gasteiger partial charge is 0.383 e. The lowest BCUT2D eigenvalue weighted by molar-refractivity contribution is -0.129. The van der Waals surface area contributed by atoms with Crippen molar-refractivity contribution in [1.29, 1.82) is 0 Å². The molecule has 0 spiro atoms. The van der Waals surface area contributed by atoms with E-state index < -0.39 is 12.0 Å². The standard InChI is InChI=1S/C13H21N3O3S/c1-9-8-10(2)16(13(19)15-9)6-5-14-12(18)11(17)4-7-20-3/h8,11,17H,4-7H2,1-3H3,(H,14,18)/t11-/m1/s1. The van der Waals surface area contributed by atoms with E-state index >= 15 is 0 Å². The molecule has 20 heavy (non-hydrogen) atoms. The summed E-state index contributed by atoms with van der Waals surface area (Å²) in [5.41, 5.74) is 1.17. The summed E-state index contributed by atoms with van der Waals surface area (Å²) >= 11 is 1.58. The van der Waals surface area contributed by atoms with Crippen molar-refractivity contribution in [2.45, 2.75) is 32.9 Å². The average Bonchev–Trinajstić information content (AvgIpc) is 2.38. The molecule has 2 N–H and O–H groups in total. The molecule has 0 saturated carbocycles. The molecule has 1 heterocycles. The predicted octanol–water partition coefficient (Wildman–Crippen LogP) is 0.0903. The van der Waals surface area contributed by atoms with Gasteiger partial charge in [-0.15, -0.1) is 0 Å². The molecular formula is C13H21N3O3S. The van der Waals surface area contributed by atoms with Gasteiger partial charge in [-0.25, -0.2) is 4.79 Å². The number of nitrogens with zero attached hydrogens (tertiary/aromatic N) is 2. The molecule has 0 aliphatic heterocycles. The van der Waals surface area contributed by atoms with E-state index in [1.165, 1.54) is 4.57 Å². The maximum atomic E-state index is 11.7. The molecule has 1 rings (SSSR count). The van der Waals surface area contributed by atoms with Crippen molar-refractivity contribution < 1.29 is 9.90 Å². The second-order valence-electron chi connectivity index (χ2n) is 4.56. The van der Waals surface area contributed by atoms with E-state index in [9.17, 15) is 14.7 Å². The Bertz CT molecular complexity index is 516. The van der Waals surface area contributed by atoms with Gasteiger partial charge in [0.25, 0.3) is 0 Å². The summed E-state index contributed by atoms with van der Waals surface area (Å²) in [6.07, 6.45) is 1.36. The molecular weight excluding hydrogens is 278 g/mol. The number of aliphatic hydroxyl groups is 1. The first-order valence-electron chi connectivity index (χ1n) is 6.45. The summed E-state index contributed by atoms with van der Waals surface area (Å²) in [6, 6.07) is 1.82. The Morgan fingerprint density at radius 2 is 2.25 bits per heavy atom. The van der Waals surface area contributed by atoms with Crippen LogP contribution in [0.3, 0.4) is 0 Å². The van der Waals surface area contributed by atoms with Gasteiger partial charge in [0.2, 0.25) is 5.91 Å². The lowest BCUT2D eigenvalue weighted by Gasteiger charge is -2.13. The Kier molecular flexibility index (Phi) is 6.74. The second-order valence-corrected chi connectivity index (χ2v) is 5.55. The van der Waals surface area contributed by atoms with E-state index in [0.717, 1.165) is 11.4 Å². The zero-order valence-corrected chi connectivity index (χ0v) is 12.9. The lowest BCUT2D eigenvalue weighted by Crippen LogP contribution is -2.38. The highest BCUT2D eigenvalue weighted by Crippen LogP contribution is 2.00. The van der Waals surface area contributed by atoms with Crippen molar-refractivity contribution in [3.05, 3.63) is 27.9 Å². The number of amides is 1. The van der Waals surface area contributed by atoms with Crippen LogP contribution in [-0.2, 0) is 11.3 Å². The molecule has 0 aliphatic carbocycles. The fourth-order valence-electron chi connectivity index (χ4n) is 1.82. The van der Waals surface area contributed by atoms with Crippen LogP contribution in [0.15, 0.2) is 10.9 Å². The minimum atomic E-state index is -0.989. The quantitative estimate of drug-likeness (QED) is 0.745. The van der Waals surface area contributed by atoms with Gasteiger partial charge in [-0.2, -0.15) is 16.7 Å². The first kappa shape index (κ1) is 16.7. The molecule has 0 aromatic carbocycles. The van der Waals surface area contributed by atoms with Crippen molar-refractivity contribution >= 4 is 17.7 Å². The van der Waals surface area contributed by atoms with Crippen molar-refractivity contribution in [2.24, 2.45) is 0 Å².